The minimum atomic E-state index is -1.07. The van der Waals surface area contributed by atoms with Crippen LogP contribution in [0.3, 0.4) is 0 Å². The fourth-order valence-corrected chi connectivity index (χ4v) is 3.17. The van der Waals surface area contributed by atoms with Gasteiger partial charge in [-0.2, -0.15) is 0 Å². The lowest BCUT2D eigenvalue weighted by molar-refractivity contribution is -0.141. The molecule has 0 aromatic heterocycles. The fourth-order valence-electron chi connectivity index (χ4n) is 3.17. The predicted octanol–water partition coefficient (Wildman–Crippen LogP) is -0.217. The predicted molar refractivity (Wildman–Crippen MR) is 68.2 cm³/mol. The Hall–Kier alpha value is -1.34. The van der Waals surface area contributed by atoms with Crippen LogP contribution in [-0.2, 0) is 9.53 Å². The summed E-state index contributed by atoms with van der Waals surface area (Å²) in [5, 5.41) is 21.6. The summed E-state index contributed by atoms with van der Waals surface area (Å²) in [4.78, 5) is 24.6. The van der Waals surface area contributed by atoms with Gasteiger partial charge in [0.25, 0.3) is 0 Å². The van der Waals surface area contributed by atoms with Gasteiger partial charge in [0.15, 0.2) is 0 Å². The van der Waals surface area contributed by atoms with Crippen LogP contribution in [0.2, 0.25) is 0 Å². The van der Waals surface area contributed by atoms with Gasteiger partial charge in [0, 0.05) is 19.6 Å². The molecule has 4 atom stereocenters. The highest BCUT2D eigenvalue weighted by atomic mass is 16.5. The second-order valence-corrected chi connectivity index (χ2v) is 5.91. The van der Waals surface area contributed by atoms with Crippen molar-refractivity contribution in [3.05, 3.63) is 0 Å². The quantitative estimate of drug-likeness (QED) is 0.665. The van der Waals surface area contributed by atoms with Gasteiger partial charge < -0.3 is 25.2 Å². The molecule has 1 aliphatic carbocycles. The standard InChI is InChI=1S/C13H20N2O5/c16-8-5-10(12(17)18)15(6-8)13(19)14-9-3-4-20-11(9)7-1-2-7/h7-11,16H,1-6H2,(H,14,19)(H,17,18)/t8-,9?,10+,11?/m1/s1. The molecule has 0 radical (unpaired) electrons. The average Bonchev–Trinajstić information content (AvgIpc) is 3.00. The van der Waals surface area contributed by atoms with E-state index < -0.39 is 24.1 Å². The van der Waals surface area contributed by atoms with E-state index in [4.69, 9.17) is 9.84 Å². The summed E-state index contributed by atoms with van der Waals surface area (Å²) in [5.41, 5.74) is 0. The van der Waals surface area contributed by atoms with Crippen molar-refractivity contribution in [3.8, 4) is 0 Å². The van der Waals surface area contributed by atoms with E-state index in [1.807, 2.05) is 0 Å². The zero-order valence-corrected chi connectivity index (χ0v) is 11.2. The Morgan fingerprint density at radius 2 is 2.00 bits per heavy atom. The second kappa shape index (κ2) is 5.21. The molecule has 0 bridgehead atoms. The van der Waals surface area contributed by atoms with E-state index >= 15 is 0 Å². The van der Waals surface area contributed by atoms with E-state index in [-0.39, 0.29) is 25.1 Å². The number of carbonyl (C=O) groups excluding carboxylic acids is 1. The molecule has 7 heteroatoms. The third-order valence-electron chi connectivity index (χ3n) is 4.36. The minimum Gasteiger partial charge on any atom is -0.480 e. The van der Waals surface area contributed by atoms with Crippen LogP contribution in [-0.4, -0.2) is 64.6 Å². The summed E-state index contributed by atoms with van der Waals surface area (Å²) < 4.78 is 5.65. The van der Waals surface area contributed by atoms with Gasteiger partial charge in [0.2, 0.25) is 0 Å². The number of amides is 2. The number of aliphatic carboxylic acids is 1. The fraction of sp³-hybridized carbons (Fsp3) is 0.846. The normalized spacial score (nSPS) is 37.1. The number of rotatable bonds is 3. The highest BCUT2D eigenvalue weighted by Crippen LogP contribution is 2.38. The van der Waals surface area contributed by atoms with E-state index in [0.29, 0.717) is 12.5 Å². The number of β-amino-alcohol motifs (C(OH)–C–C–N with tert-alkyl or cyclic N) is 1. The number of ether oxygens (including phenoxy) is 1. The number of likely N-dealkylation sites (tertiary alicyclic amines) is 1. The summed E-state index contributed by atoms with van der Waals surface area (Å²) >= 11 is 0. The zero-order valence-electron chi connectivity index (χ0n) is 11.2. The van der Waals surface area contributed by atoms with Gasteiger partial charge in [-0.25, -0.2) is 9.59 Å². The van der Waals surface area contributed by atoms with Crippen LogP contribution in [0.5, 0.6) is 0 Å². The summed E-state index contributed by atoms with van der Waals surface area (Å²) in [6.45, 7) is 0.710. The molecule has 2 saturated heterocycles. The van der Waals surface area contributed by atoms with E-state index in [9.17, 15) is 14.7 Å². The smallest absolute Gasteiger partial charge is 0.326 e. The molecular weight excluding hydrogens is 264 g/mol. The number of nitrogens with one attached hydrogen (secondary N) is 1. The van der Waals surface area contributed by atoms with Crippen LogP contribution in [0, 0.1) is 5.92 Å². The molecule has 0 spiro atoms. The van der Waals surface area contributed by atoms with E-state index in [1.165, 1.54) is 4.90 Å². The molecule has 112 valence electrons. The first kappa shape index (κ1) is 13.6. The summed E-state index contributed by atoms with van der Waals surface area (Å²) in [6, 6.07) is -1.39. The highest BCUT2D eigenvalue weighted by Gasteiger charge is 2.44. The Bertz CT molecular complexity index is 412. The van der Waals surface area contributed by atoms with Crippen molar-refractivity contribution in [1.82, 2.24) is 10.2 Å². The van der Waals surface area contributed by atoms with Crippen LogP contribution < -0.4 is 5.32 Å². The summed E-state index contributed by atoms with van der Waals surface area (Å²) in [5.74, 6) is -0.541. The summed E-state index contributed by atoms with van der Waals surface area (Å²) in [7, 11) is 0. The molecule has 2 aliphatic heterocycles. The van der Waals surface area contributed by atoms with E-state index in [0.717, 1.165) is 19.3 Å². The monoisotopic (exact) mass is 284 g/mol. The van der Waals surface area contributed by atoms with Gasteiger partial charge in [-0.1, -0.05) is 0 Å². The highest BCUT2D eigenvalue weighted by molar-refractivity contribution is 5.83. The van der Waals surface area contributed by atoms with Crippen molar-refractivity contribution in [3.63, 3.8) is 0 Å². The lowest BCUT2D eigenvalue weighted by Crippen LogP contribution is -2.51. The van der Waals surface area contributed by atoms with Gasteiger partial charge in [-0.3, -0.25) is 0 Å². The van der Waals surface area contributed by atoms with Crippen LogP contribution in [0.15, 0.2) is 0 Å². The van der Waals surface area contributed by atoms with Gasteiger partial charge >= 0.3 is 12.0 Å². The number of carboxylic acids is 1. The van der Waals surface area contributed by atoms with Gasteiger partial charge in [-0.05, 0) is 25.2 Å². The Morgan fingerprint density at radius 3 is 2.65 bits per heavy atom. The van der Waals surface area contributed by atoms with Crippen LogP contribution in [0.25, 0.3) is 0 Å². The first-order valence-electron chi connectivity index (χ1n) is 7.16. The van der Waals surface area contributed by atoms with Crippen molar-refractivity contribution >= 4 is 12.0 Å². The average molecular weight is 284 g/mol. The van der Waals surface area contributed by atoms with Gasteiger partial charge in [-0.15, -0.1) is 0 Å². The molecule has 3 fully saturated rings. The topological polar surface area (TPSA) is 99.1 Å². The van der Waals surface area contributed by atoms with Crippen molar-refractivity contribution in [1.29, 1.82) is 0 Å². The number of hydrogen-bond acceptors (Lipinski definition) is 4. The first-order valence-corrected chi connectivity index (χ1v) is 7.16. The van der Waals surface area contributed by atoms with E-state index in [2.05, 4.69) is 5.32 Å². The van der Waals surface area contributed by atoms with Gasteiger partial charge in [0.05, 0.1) is 18.2 Å². The number of aliphatic hydroxyl groups is 1. The number of nitrogens with zero attached hydrogens (tertiary/aromatic N) is 1. The van der Waals surface area contributed by atoms with Crippen molar-refractivity contribution in [2.75, 3.05) is 13.2 Å². The Labute approximate surface area is 116 Å². The molecule has 0 aromatic rings. The number of hydrogen-bond donors (Lipinski definition) is 3. The lowest BCUT2D eigenvalue weighted by Gasteiger charge is -2.26. The molecule has 3 rings (SSSR count). The SMILES string of the molecule is O=C(O)[C@@H]1C[C@@H](O)CN1C(=O)NC1CCOC1C1CC1. The molecule has 1 saturated carbocycles. The molecule has 2 heterocycles. The third-order valence-corrected chi connectivity index (χ3v) is 4.36. The van der Waals surface area contributed by atoms with Crippen molar-refractivity contribution in [2.45, 2.75) is 50.0 Å². The molecule has 2 amide bonds. The molecule has 0 aromatic carbocycles. The van der Waals surface area contributed by atoms with Crippen LogP contribution >= 0.6 is 0 Å². The third kappa shape index (κ3) is 2.60. The van der Waals surface area contributed by atoms with Gasteiger partial charge in [0.1, 0.15) is 6.04 Å². The number of aliphatic hydroxyl groups excluding tert-OH is 1. The largest absolute Gasteiger partial charge is 0.480 e. The Morgan fingerprint density at radius 1 is 1.25 bits per heavy atom. The maximum Gasteiger partial charge on any atom is 0.326 e. The maximum absolute atomic E-state index is 12.2. The Balaban J connectivity index is 1.61. The molecule has 2 unspecified atom stereocenters. The van der Waals surface area contributed by atoms with Crippen LogP contribution in [0.4, 0.5) is 4.79 Å². The first-order chi connectivity index (χ1) is 9.56. The lowest BCUT2D eigenvalue weighted by atomic mass is 10.1. The number of carbonyl (C=O) groups is 2. The molecular formula is C13H20N2O5. The maximum atomic E-state index is 12.2. The zero-order chi connectivity index (χ0) is 14.3. The molecule has 20 heavy (non-hydrogen) atoms. The minimum absolute atomic E-state index is 0.0396. The van der Waals surface area contributed by atoms with Crippen molar-refractivity contribution < 1.29 is 24.5 Å². The second-order valence-electron chi connectivity index (χ2n) is 5.91. The number of urea groups is 1. The molecule has 3 aliphatic rings. The Kier molecular flexibility index (Phi) is 3.55. The van der Waals surface area contributed by atoms with E-state index in [1.54, 1.807) is 0 Å². The molecule has 3 N–H and O–H groups in total. The molecule has 7 nitrogen and oxygen atoms in total. The number of carboxylic acid groups (broad SMARTS) is 1. The summed E-state index contributed by atoms with van der Waals surface area (Å²) in [6.07, 6.45) is 2.43. The van der Waals surface area contributed by atoms with Crippen molar-refractivity contribution in [2.24, 2.45) is 5.92 Å². The van der Waals surface area contributed by atoms with Crippen LogP contribution in [0.1, 0.15) is 25.7 Å².